The van der Waals surface area contributed by atoms with Gasteiger partial charge in [-0.25, -0.2) is 0 Å². The van der Waals surface area contributed by atoms with Crippen molar-refractivity contribution in [1.82, 2.24) is 0 Å². The minimum absolute atomic E-state index is 0.953. The summed E-state index contributed by atoms with van der Waals surface area (Å²) in [6, 6.07) is 7.16. The predicted molar refractivity (Wildman–Crippen MR) is 130 cm³/mol. The molecule has 163 valence electrons. The first-order valence-electron chi connectivity index (χ1n) is 13.1. The molecule has 0 amide bonds. The van der Waals surface area contributed by atoms with Crippen LogP contribution in [0, 0.1) is 6.04 Å². The summed E-state index contributed by atoms with van der Waals surface area (Å²) >= 11 is 0. The maximum Gasteiger partial charge on any atom is 0.0558 e. The maximum absolute atomic E-state index is 2.79. The van der Waals surface area contributed by atoms with Gasteiger partial charge in [0.2, 0.25) is 0 Å². The van der Waals surface area contributed by atoms with Gasteiger partial charge in [0.05, 0.1) is 8.07 Å². The minimum Gasteiger partial charge on any atom is -0.0678 e. The highest BCUT2D eigenvalue weighted by Crippen LogP contribution is 2.25. The van der Waals surface area contributed by atoms with Gasteiger partial charge in [-0.2, -0.15) is 0 Å². The summed E-state index contributed by atoms with van der Waals surface area (Å²) in [5.74, 6) is 0. The third-order valence-corrected chi connectivity index (χ3v) is 12.4. The molecule has 1 radical (unpaired) electrons. The van der Waals surface area contributed by atoms with E-state index < -0.39 is 8.07 Å². The van der Waals surface area contributed by atoms with E-state index in [9.17, 15) is 0 Å². The molecule has 1 heteroatoms. The van der Waals surface area contributed by atoms with Gasteiger partial charge in [-0.05, 0) is 6.04 Å². The first-order chi connectivity index (χ1) is 13.2. The molecular formula is C26H55Si. The Morgan fingerprint density at radius 1 is 0.407 bits per heavy atom. The van der Waals surface area contributed by atoms with Crippen LogP contribution in [0.1, 0.15) is 143 Å². The molecule has 0 N–H and O–H groups in total. The van der Waals surface area contributed by atoms with Gasteiger partial charge >= 0.3 is 0 Å². The molecule has 0 saturated carbocycles. The Morgan fingerprint density at radius 2 is 0.704 bits per heavy atom. The van der Waals surface area contributed by atoms with E-state index in [4.69, 9.17) is 0 Å². The molecule has 0 saturated heterocycles. The zero-order valence-corrected chi connectivity index (χ0v) is 20.9. The van der Waals surface area contributed by atoms with Gasteiger partial charge < -0.3 is 0 Å². The summed E-state index contributed by atoms with van der Waals surface area (Å²) in [6.07, 6.45) is 26.4. The second-order valence-corrected chi connectivity index (χ2v) is 14.3. The Balaban J connectivity index is 3.19. The van der Waals surface area contributed by atoms with Crippen LogP contribution in [0.2, 0.25) is 18.1 Å². The summed E-state index contributed by atoms with van der Waals surface area (Å²) in [5.41, 5.74) is 0. The van der Waals surface area contributed by atoms with E-state index in [1.165, 1.54) is 134 Å². The van der Waals surface area contributed by atoms with E-state index >= 15 is 0 Å². The standard InChI is InChI=1S/C26H55Si/c1-5-9-10-11-12-13-14-15-16-17-18-19-20-21-22-23-24-25-26-27(6-2,7-3)8-4/h26H,5-25H2,1-4H3. The molecule has 0 atom stereocenters. The lowest BCUT2D eigenvalue weighted by atomic mass is 10.0. The predicted octanol–water partition coefficient (Wildman–Crippen LogP) is 10.3. The van der Waals surface area contributed by atoms with Crippen LogP contribution in [0.4, 0.5) is 0 Å². The average molecular weight is 396 g/mol. The third kappa shape index (κ3) is 16.8. The van der Waals surface area contributed by atoms with Crippen LogP contribution in [0.5, 0.6) is 0 Å². The molecule has 0 fully saturated rings. The molecule has 0 heterocycles. The monoisotopic (exact) mass is 395 g/mol. The van der Waals surface area contributed by atoms with E-state index in [0.29, 0.717) is 0 Å². The molecule has 0 unspecified atom stereocenters. The van der Waals surface area contributed by atoms with E-state index in [1.807, 2.05) is 0 Å². The normalized spacial score (nSPS) is 12.0. The molecule has 0 aromatic heterocycles. The van der Waals surface area contributed by atoms with Crippen molar-refractivity contribution in [2.24, 2.45) is 0 Å². The lowest BCUT2D eigenvalue weighted by Crippen LogP contribution is -2.32. The Hall–Kier alpha value is 0.217. The second kappa shape index (κ2) is 20.9. The van der Waals surface area contributed by atoms with Crippen LogP contribution in [-0.4, -0.2) is 8.07 Å². The topological polar surface area (TPSA) is 0 Å². The van der Waals surface area contributed by atoms with Gasteiger partial charge in [-0.15, -0.1) is 0 Å². The van der Waals surface area contributed by atoms with Gasteiger partial charge in [-0.1, -0.05) is 161 Å². The second-order valence-electron chi connectivity index (χ2n) is 9.07. The van der Waals surface area contributed by atoms with Gasteiger partial charge in [-0.3, -0.25) is 0 Å². The molecule has 0 spiro atoms. The van der Waals surface area contributed by atoms with E-state index in [1.54, 1.807) is 0 Å². The van der Waals surface area contributed by atoms with Gasteiger partial charge in [0.1, 0.15) is 0 Å². The minimum atomic E-state index is -0.953. The van der Waals surface area contributed by atoms with Crippen LogP contribution in [0.15, 0.2) is 0 Å². The van der Waals surface area contributed by atoms with Crippen molar-refractivity contribution < 1.29 is 0 Å². The number of unbranched alkanes of at least 4 members (excludes halogenated alkanes) is 17. The number of hydrogen-bond acceptors (Lipinski definition) is 0. The summed E-state index contributed by atoms with van der Waals surface area (Å²) in [6.45, 7) is 9.57. The zero-order valence-electron chi connectivity index (χ0n) is 19.9. The number of hydrogen-bond donors (Lipinski definition) is 0. The highest BCUT2D eigenvalue weighted by Gasteiger charge is 2.25. The van der Waals surface area contributed by atoms with Crippen LogP contribution < -0.4 is 0 Å². The van der Waals surface area contributed by atoms with Crippen LogP contribution in [0.25, 0.3) is 0 Å². The largest absolute Gasteiger partial charge is 0.0678 e. The fourth-order valence-electron chi connectivity index (χ4n) is 4.46. The van der Waals surface area contributed by atoms with Crippen molar-refractivity contribution in [2.75, 3.05) is 0 Å². The van der Waals surface area contributed by atoms with Crippen molar-refractivity contribution in [3.63, 3.8) is 0 Å². The van der Waals surface area contributed by atoms with Crippen LogP contribution >= 0.6 is 0 Å². The van der Waals surface area contributed by atoms with Crippen molar-refractivity contribution in [2.45, 2.75) is 161 Å². The van der Waals surface area contributed by atoms with Crippen LogP contribution in [-0.2, 0) is 0 Å². The summed E-state index contributed by atoms with van der Waals surface area (Å²) in [5, 5.41) is 0. The van der Waals surface area contributed by atoms with Crippen molar-refractivity contribution in [3.05, 3.63) is 6.04 Å². The molecule has 0 rings (SSSR count). The van der Waals surface area contributed by atoms with Crippen LogP contribution in [0.3, 0.4) is 0 Å². The molecule has 0 aromatic carbocycles. The number of rotatable bonds is 22. The smallest absolute Gasteiger partial charge is 0.0558 e. The first kappa shape index (κ1) is 27.2. The Labute approximate surface area is 175 Å². The van der Waals surface area contributed by atoms with Crippen molar-refractivity contribution in [3.8, 4) is 0 Å². The SMILES string of the molecule is CCCCCCCCCCCCCCCCCCC[CH][Si](CC)(CC)CC. The molecule has 0 aliphatic heterocycles. The zero-order chi connectivity index (χ0) is 20.1. The summed E-state index contributed by atoms with van der Waals surface area (Å²) < 4.78 is 0. The van der Waals surface area contributed by atoms with Crippen molar-refractivity contribution >= 4 is 8.07 Å². The lowest BCUT2D eigenvalue weighted by Gasteiger charge is -2.27. The Kier molecular flexibility index (Phi) is 21.1. The fourth-order valence-corrected chi connectivity index (χ4v) is 7.64. The van der Waals surface area contributed by atoms with Crippen molar-refractivity contribution in [1.29, 1.82) is 0 Å². The average Bonchev–Trinajstić information content (AvgIpc) is 2.70. The molecule has 27 heavy (non-hydrogen) atoms. The summed E-state index contributed by atoms with van der Waals surface area (Å²) in [7, 11) is -0.953. The Bertz CT molecular complexity index is 261. The quantitative estimate of drug-likeness (QED) is 0.126. The van der Waals surface area contributed by atoms with Gasteiger partial charge in [0.25, 0.3) is 0 Å². The maximum atomic E-state index is 2.79. The van der Waals surface area contributed by atoms with E-state index in [-0.39, 0.29) is 0 Å². The molecule has 0 aromatic rings. The summed E-state index contributed by atoms with van der Waals surface area (Å²) in [4.78, 5) is 0. The molecule has 0 nitrogen and oxygen atoms in total. The highest BCUT2D eigenvalue weighted by molar-refractivity contribution is 6.82. The first-order valence-corrected chi connectivity index (χ1v) is 15.8. The van der Waals surface area contributed by atoms with E-state index in [2.05, 4.69) is 33.7 Å². The highest BCUT2D eigenvalue weighted by atomic mass is 28.3. The van der Waals surface area contributed by atoms with E-state index in [0.717, 1.165) is 0 Å². The fraction of sp³-hybridized carbons (Fsp3) is 0.962. The third-order valence-electron chi connectivity index (χ3n) is 7.00. The molecule has 0 aliphatic carbocycles. The van der Waals surface area contributed by atoms with Gasteiger partial charge in [0, 0.05) is 0 Å². The lowest BCUT2D eigenvalue weighted by molar-refractivity contribution is 0.527. The molecular weight excluding hydrogens is 340 g/mol. The van der Waals surface area contributed by atoms with Gasteiger partial charge in [0.15, 0.2) is 0 Å². The Morgan fingerprint density at radius 3 is 1.00 bits per heavy atom. The molecule has 0 aliphatic rings. The molecule has 0 bridgehead atoms.